The highest BCUT2D eigenvalue weighted by Gasteiger charge is 2.47. The van der Waals surface area contributed by atoms with Gasteiger partial charge in [0.1, 0.15) is 6.04 Å². The molecule has 1 heterocycles. The first-order chi connectivity index (χ1) is 16.2. The molecule has 1 aromatic rings. The normalized spacial score (nSPS) is 20.4. The Balaban J connectivity index is 1.75. The SMILES string of the molecule is CCC(C(=O)NCC(C)C)N(Cc1cccc(C)c1)C(=O)CCN1C(=O)[C@H]2CC=CC[C@H]2C1=O. The lowest BCUT2D eigenvalue weighted by atomic mass is 9.85. The van der Waals surface area contributed by atoms with Crippen molar-refractivity contribution in [3.63, 3.8) is 0 Å². The molecule has 1 N–H and O–H groups in total. The lowest BCUT2D eigenvalue weighted by Crippen LogP contribution is -2.50. The number of nitrogens with zero attached hydrogens (tertiary/aromatic N) is 2. The average Bonchev–Trinajstić information content (AvgIpc) is 3.05. The smallest absolute Gasteiger partial charge is 0.242 e. The van der Waals surface area contributed by atoms with Crippen molar-refractivity contribution >= 4 is 23.6 Å². The Bertz CT molecular complexity index is 929. The number of carbonyl (C=O) groups is 4. The van der Waals surface area contributed by atoms with Crippen molar-refractivity contribution in [3.05, 3.63) is 47.5 Å². The van der Waals surface area contributed by atoms with E-state index in [1.54, 1.807) is 4.90 Å². The van der Waals surface area contributed by atoms with Gasteiger partial charge in [-0.3, -0.25) is 24.1 Å². The highest BCUT2D eigenvalue weighted by molar-refractivity contribution is 6.05. The van der Waals surface area contributed by atoms with Crippen LogP contribution in [-0.2, 0) is 25.7 Å². The van der Waals surface area contributed by atoms with E-state index in [1.165, 1.54) is 4.90 Å². The number of hydrogen-bond donors (Lipinski definition) is 1. The molecule has 1 unspecified atom stereocenters. The highest BCUT2D eigenvalue weighted by atomic mass is 16.2. The minimum Gasteiger partial charge on any atom is -0.354 e. The van der Waals surface area contributed by atoms with Gasteiger partial charge in [-0.25, -0.2) is 0 Å². The number of fused-ring (bicyclic) bond motifs is 1. The molecule has 2 aliphatic rings. The number of imide groups is 1. The predicted octanol–water partition coefficient (Wildman–Crippen LogP) is 3.22. The van der Waals surface area contributed by atoms with Gasteiger partial charge in [0.15, 0.2) is 0 Å². The van der Waals surface area contributed by atoms with Crippen molar-refractivity contribution in [2.75, 3.05) is 13.1 Å². The third-order valence-corrected chi connectivity index (χ3v) is 6.65. The standard InChI is InChI=1S/C27H37N3O4/c1-5-23(25(32)28-16-18(2)3)30(17-20-10-8-9-19(4)15-20)24(31)13-14-29-26(33)21-11-6-7-12-22(21)27(29)34/h6-10,15,18,21-23H,5,11-14,16-17H2,1-4H3,(H,28,32)/t21-,22+,23?. The second-order valence-corrected chi connectivity index (χ2v) is 9.81. The third kappa shape index (κ3) is 5.93. The van der Waals surface area contributed by atoms with E-state index in [9.17, 15) is 19.2 Å². The fraction of sp³-hybridized carbons (Fsp3) is 0.556. The van der Waals surface area contributed by atoms with Crippen molar-refractivity contribution in [1.82, 2.24) is 15.1 Å². The van der Waals surface area contributed by atoms with Crippen molar-refractivity contribution in [2.45, 2.75) is 66.0 Å². The van der Waals surface area contributed by atoms with Crippen LogP contribution in [0.25, 0.3) is 0 Å². The Kier molecular flexibility index (Phi) is 8.64. The molecule has 34 heavy (non-hydrogen) atoms. The predicted molar refractivity (Wildman–Crippen MR) is 130 cm³/mol. The topological polar surface area (TPSA) is 86.8 Å². The monoisotopic (exact) mass is 467 g/mol. The largest absolute Gasteiger partial charge is 0.354 e. The van der Waals surface area contributed by atoms with Gasteiger partial charge in [-0.05, 0) is 37.7 Å². The number of benzene rings is 1. The van der Waals surface area contributed by atoms with Crippen LogP contribution in [0.2, 0.25) is 0 Å². The molecule has 1 fully saturated rings. The van der Waals surface area contributed by atoms with Crippen LogP contribution in [-0.4, -0.2) is 52.6 Å². The first-order valence-corrected chi connectivity index (χ1v) is 12.4. The maximum Gasteiger partial charge on any atom is 0.242 e. The fourth-order valence-corrected chi connectivity index (χ4v) is 4.79. The van der Waals surface area contributed by atoms with Crippen LogP contribution in [0.15, 0.2) is 36.4 Å². The van der Waals surface area contributed by atoms with E-state index >= 15 is 0 Å². The summed E-state index contributed by atoms with van der Waals surface area (Å²) >= 11 is 0. The molecule has 3 rings (SSSR count). The number of allylic oxidation sites excluding steroid dienone is 2. The number of amides is 4. The van der Waals surface area contributed by atoms with Crippen molar-refractivity contribution in [1.29, 1.82) is 0 Å². The minimum atomic E-state index is -0.622. The molecule has 0 aromatic heterocycles. The van der Waals surface area contributed by atoms with Gasteiger partial charge < -0.3 is 10.2 Å². The molecule has 1 saturated heterocycles. The molecular weight excluding hydrogens is 430 g/mol. The molecular formula is C27H37N3O4. The summed E-state index contributed by atoms with van der Waals surface area (Å²) in [4.78, 5) is 54.9. The summed E-state index contributed by atoms with van der Waals surface area (Å²) in [6.45, 7) is 8.81. The quantitative estimate of drug-likeness (QED) is 0.423. The molecule has 0 saturated carbocycles. The Morgan fingerprint density at radius 1 is 1.12 bits per heavy atom. The van der Waals surface area contributed by atoms with Gasteiger partial charge in [0.2, 0.25) is 23.6 Å². The van der Waals surface area contributed by atoms with Gasteiger partial charge in [0, 0.05) is 26.1 Å². The number of carbonyl (C=O) groups excluding carboxylic acids is 4. The van der Waals surface area contributed by atoms with Crippen molar-refractivity contribution in [3.8, 4) is 0 Å². The van der Waals surface area contributed by atoms with Gasteiger partial charge in [-0.15, -0.1) is 0 Å². The number of nitrogens with one attached hydrogen (secondary N) is 1. The van der Waals surface area contributed by atoms with E-state index in [4.69, 9.17) is 0 Å². The first-order valence-electron chi connectivity index (χ1n) is 12.4. The van der Waals surface area contributed by atoms with Crippen LogP contribution in [0.4, 0.5) is 0 Å². The minimum absolute atomic E-state index is 0.00409. The summed E-state index contributed by atoms with van der Waals surface area (Å²) < 4.78 is 0. The van der Waals surface area contributed by atoms with E-state index in [1.807, 2.05) is 64.1 Å². The van der Waals surface area contributed by atoms with Crippen molar-refractivity contribution in [2.24, 2.45) is 17.8 Å². The number of hydrogen-bond acceptors (Lipinski definition) is 4. The molecule has 7 heteroatoms. The molecule has 4 amide bonds. The summed E-state index contributed by atoms with van der Waals surface area (Å²) in [5.74, 6) is -1.09. The molecule has 0 radical (unpaired) electrons. The lowest BCUT2D eigenvalue weighted by Gasteiger charge is -2.31. The second kappa shape index (κ2) is 11.4. The molecule has 3 atom stereocenters. The molecule has 184 valence electrons. The van der Waals surface area contributed by atoms with Crippen LogP contribution >= 0.6 is 0 Å². The molecule has 1 aromatic carbocycles. The maximum atomic E-state index is 13.4. The first kappa shape index (κ1) is 25.7. The number of rotatable bonds is 10. The van der Waals surface area contributed by atoms with Gasteiger partial charge in [0.25, 0.3) is 0 Å². The summed E-state index contributed by atoms with van der Waals surface area (Å²) in [7, 11) is 0. The van der Waals surface area contributed by atoms with E-state index in [0.29, 0.717) is 38.3 Å². The molecule has 0 bridgehead atoms. The molecule has 1 aliphatic heterocycles. The second-order valence-electron chi connectivity index (χ2n) is 9.81. The van der Waals surface area contributed by atoms with E-state index in [0.717, 1.165) is 11.1 Å². The maximum absolute atomic E-state index is 13.4. The number of aryl methyl sites for hydroxylation is 1. The van der Waals surface area contributed by atoms with E-state index in [2.05, 4.69) is 5.32 Å². The van der Waals surface area contributed by atoms with Gasteiger partial charge in [0.05, 0.1) is 11.8 Å². The van der Waals surface area contributed by atoms with Gasteiger partial charge >= 0.3 is 0 Å². The zero-order chi connectivity index (χ0) is 24.8. The van der Waals surface area contributed by atoms with Crippen LogP contribution in [0, 0.1) is 24.7 Å². The van der Waals surface area contributed by atoms with Gasteiger partial charge in [-0.2, -0.15) is 0 Å². The lowest BCUT2D eigenvalue weighted by molar-refractivity contribution is -0.144. The molecule has 0 spiro atoms. The summed E-state index contributed by atoms with van der Waals surface area (Å²) in [5, 5.41) is 2.95. The van der Waals surface area contributed by atoms with Crippen molar-refractivity contribution < 1.29 is 19.2 Å². The molecule has 7 nitrogen and oxygen atoms in total. The van der Waals surface area contributed by atoms with E-state index < -0.39 is 6.04 Å². The zero-order valence-electron chi connectivity index (χ0n) is 20.8. The van der Waals surface area contributed by atoms with E-state index in [-0.39, 0.29) is 48.4 Å². The van der Waals surface area contributed by atoms with Crippen LogP contribution in [0.3, 0.4) is 0 Å². The third-order valence-electron chi connectivity index (χ3n) is 6.65. The Morgan fingerprint density at radius 3 is 2.32 bits per heavy atom. The van der Waals surface area contributed by atoms with Crippen LogP contribution in [0.1, 0.15) is 57.6 Å². The van der Waals surface area contributed by atoms with Crippen LogP contribution in [0.5, 0.6) is 0 Å². The number of likely N-dealkylation sites (tertiary alicyclic amines) is 1. The van der Waals surface area contributed by atoms with Gasteiger partial charge in [-0.1, -0.05) is 62.8 Å². The Morgan fingerprint density at radius 2 is 1.76 bits per heavy atom. The Hall–Kier alpha value is -2.96. The summed E-state index contributed by atoms with van der Waals surface area (Å²) in [5.41, 5.74) is 2.01. The molecule has 1 aliphatic carbocycles. The highest BCUT2D eigenvalue weighted by Crippen LogP contribution is 2.35. The van der Waals surface area contributed by atoms with Crippen LogP contribution < -0.4 is 5.32 Å². The summed E-state index contributed by atoms with van der Waals surface area (Å²) in [6.07, 6.45) is 5.53. The average molecular weight is 468 g/mol. The fourth-order valence-electron chi connectivity index (χ4n) is 4.79. The Labute approximate surface area is 202 Å². The zero-order valence-corrected chi connectivity index (χ0v) is 20.8. The summed E-state index contributed by atoms with van der Waals surface area (Å²) in [6, 6.07) is 7.25.